The number of amides is 2. The molecule has 3 aliphatic rings. The van der Waals surface area contributed by atoms with E-state index in [0.29, 0.717) is 23.6 Å². The lowest BCUT2D eigenvalue weighted by Crippen LogP contribution is -2.63. The minimum Gasteiger partial charge on any atom is -0.495 e. The Morgan fingerprint density at radius 1 is 1.19 bits per heavy atom. The molecule has 2 aromatic rings. The molecule has 2 N–H and O–H groups in total. The first-order valence-corrected chi connectivity index (χ1v) is 17.4. The van der Waals surface area contributed by atoms with Crippen molar-refractivity contribution in [2.24, 2.45) is 5.92 Å². The van der Waals surface area contributed by atoms with E-state index >= 15 is 0 Å². The minimum absolute atomic E-state index is 0.0321. The van der Waals surface area contributed by atoms with Crippen molar-refractivity contribution in [3.05, 3.63) is 82.9 Å². The van der Waals surface area contributed by atoms with E-state index in [1.54, 1.807) is 44.3 Å². The van der Waals surface area contributed by atoms with Crippen molar-refractivity contribution in [3.63, 3.8) is 0 Å². The Bertz CT molecular complexity index is 1760. The third-order valence-electron chi connectivity index (χ3n) is 9.93. The van der Waals surface area contributed by atoms with Gasteiger partial charge in [-0.1, -0.05) is 66.6 Å². The summed E-state index contributed by atoms with van der Waals surface area (Å²) in [5.41, 5.74) is 1.02. The molecule has 0 saturated carbocycles. The number of nitrogens with zero attached hydrogens (tertiary/aromatic N) is 1. The zero-order chi connectivity index (χ0) is 38.0. The van der Waals surface area contributed by atoms with Crippen LogP contribution < -0.4 is 19.7 Å². The van der Waals surface area contributed by atoms with Crippen molar-refractivity contribution in [1.82, 2.24) is 5.32 Å². The fourth-order valence-corrected chi connectivity index (χ4v) is 7.09. The van der Waals surface area contributed by atoms with E-state index in [4.69, 9.17) is 40.0 Å². The van der Waals surface area contributed by atoms with E-state index in [1.807, 2.05) is 45.0 Å². The molecule has 0 aromatic heterocycles. The van der Waals surface area contributed by atoms with E-state index in [1.165, 1.54) is 19.1 Å². The first kappa shape index (κ1) is 38.9. The highest BCUT2D eigenvalue weighted by molar-refractivity contribution is 6.35. The highest BCUT2D eigenvalue weighted by Gasteiger charge is 2.64. The van der Waals surface area contributed by atoms with Crippen LogP contribution in [0.4, 0.5) is 10.5 Å². The number of hydrogen-bond donors (Lipinski definition) is 2. The number of benzene rings is 2. The van der Waals surface area contributed by atoms with Gasteiger partial charge in [-0.05, 0) is 62.6 Å². The van der Waals surface area contributed by atoms with Gasteiger partial charge in [-0.3, -0.25) is 10.1 Å². The molecule has 4 bridgehead atoms. The average molecular weight is 739 g/mol. The molecular weight excluding hydrogens is 692 g/mol. The van der Waals surface area contributed by atoms with Gasteiger partial charge in [-0.25, -0.2) is 9.59 Å². The van der Waals surface area contributed by atoms with Crippen LogP contribution in [0.1, 0.15) is 51.7 Å². The molecule has 2 amide bonds. The van der Waals surface area contributed by atoms with Crippen LogP contribution >= 0.6 is 11.6 Å². The minimum atomic E-state index is -1.81. The lowest BCUT2D eigenvalue weighted by molar-refractivity contribution is -0.156. The van der Waals surface area contributed by atoms with Crippen molar-refractivity contribution >= 4 is 40.8 Å². The maximum absolute atomic E-state index is 14.0. The molecule has 0 aliphatic carbocycles. The second-order valence-electron chi connectivity index (χ2n) is 13.9. The number of carbonyl (C=O) groups excluding carboxylic acids is 3. The topological polar surface area (TPSA) is 145 Å². The van der Waals surface area contributed by atoms with Crippen LogP contribution in [0.25, 0.3) is 5.57 Å². The van der Waals surface area contributed by atoms with Gasteiger partial charge < -0.3 is 38.4 Å². The number of alkyl carbamates (subject to hydrolysis) is 1. The highest BCUT2D eigenvalue weighted by atomic mass is 35.5. The predicted molar refractivity (Wildman–Crippen MR) is 195 cm³/mol. The number of epoxide rings is 1. The molecule has 2 saturated heterocycles. The van der Waals surface area contributed by atoms with Gasteiger partial charge in [0.05, 0.1) is 25.3 Å². The molecule has 2 aromatic carbocycles. The van der Waals surface area contributed by atoms with Crippen molar-refractivity contribution in [3.8, 4) is 11.5 Å². The molecule has 7 atom stereocenters. The van der Waals surface area contributed by atoms with Crippen LogP contribution in [-0.2, 0) is 35.0 Å². The normalized spacial score (nSPS) is 30.8. The molecule has 280 valence electrons. The summed E-state index contributed by atoms with van der Waals surface area (Å²) in [7, 11) is 4.53. The largest absolute Gasteiger partial charge is 0.495 e. The molecule has 5 rings (SSSR count). The number of esters is 1. The molecule has 3 aliphatic heterocycles. The zero-order valence-electron chi connectivity index (χ0n) is 30.6. The van der Waals surface area contributed by atoms with Gasteiger partial charge in [-0.2, -0.15) is 0 Å². The number of halogens is 1. The van der Waals surface area contributed by atoms with Gasteiger partial charge in [0.25, 0.3) is 0 Å². The SMILES string of the molecule is C=C(C)c1ccc(OCC(=O)O[C@H]2CC(=O)N(C)c3cc(cc(OC)c3Cl)C/C(C)=C/C=C/[C@@H](OC)[C@@]3(O)C[C@H](OC(=O)N3)[C@@H](C)[C@@H]3O[C@@]23C)cc1. The van der Waals surface area contributed by atoms with E-state index in [0.717, 1.165) is 22.3 Å². The smallest absolute Gasteiger partial charge is 0.409 e. The van der Waals surface area contributed by atoms with Gasteiger partial charge in [0, 0.05) is 26.5 Å². The Hall–Kier alpha value is -4.36. The molecule has 0 radical (unpaired) electrons. The van der Waals surface area contributed by atoms with Crippen LogP contribution in [0.3, 0.4) is 0 Å². The van der Waals surface area contributed by atoms with E-state index in [-0.39, 0.29) is 17.9 Å². The van der Waals surface area contributed by atoms with E-state index in [9.17, 15) is 19.5 Å². The maximum atomic E-state index is 14.0. The van der Waals surface area contributed by atoms with E-state index in [2.05, 4.69) is 11.9 Å². The standard InChI is InChI=1S/C39H47ClN2O10/c1-22(2)26-12-14-27(15-13-26)49-21-34(44)51-32-19-33(43)42(6)28-17-25(18-29(47-7)35(28)40)16-23(3)10-9-11-31(48-8)39(46)20-30(50-37(45)41-39)24(4)36-38(32,5)52-36/h9-15,17-18,24,30-32,36,46H,1,16,19-21H2,2-8H3,(H,41,45)/b11-9+,23-10+/t24-,30+,31-,32+,36+,38+,39+/m1/s1. The molecular formula is C39H47ClN2O10. The number of carbonyl (C=O) groups is 3. The fourth-order valence-electron chi connectivity index (χ4n) is 6.78. The summed E-state index contributed by atoms with van der Waals surface area (Å²) in [4.78, 5) is 41.6. The van der Waals surface area contributed by atoms with Gasteiger partial charge in [0.1, 0.15) is 40.4 Å². The van der Waals surface area contributed by atoms with Crippen LogP contribution in [-0.4, -0.2) is 86.7 Å². The van der Waals surface area contributed by atoms with Crippen molar-refractivity contribution in [2.45, 2.75) is 82.7 Å². The summed E-state index contributed by atoms with van der Waals surface area (Å²) in [6.07, 6.45) is 1.17. The van der Waals surface area contributed by atoms with E-state index < -0.39 is 66.2 Å². The molecule has 2 fully saturated rings. The van der Waals surface area contributed by atoms with Crippen molar-refractivity contribution < 1.29 is 47.9 Å². The number of hydrogen-bond acceptors (Lipinski definition) is 10. The van der Waals surface area contributed by atoms with Crippen molar-refractivity contribution in [1.29, 1.82) is 0 Å². The average Bonchev–Trinajstić information content (AvgIpc) is 3.80. The molecule has 12 nitrogen and oxygen atoms in total. The monoisotopic (exact) mass is 738 g/mol. The van der Waals surface area contributed by atoms with Gasteiger partial charge in [0.2, 0.25) is 5.91 Å². The number of ether oxygens (including phenoxy) is 6. The summed E-state index contributed by atoms with van der Waals surface area (Å²) >= 11 is 6.75. The number of anilines is 1. The van der Waals surface area contributed by atoms with Crippen molar-refractivity contribution in [2.75, 3.05) is 32.8 Å². The van der Waals surface area contributed by atoms with Gasteiger partial charge in [-0.15, -0.1) is 0 Å². The number of nitrogens with one attached hydrogen (secondary N) is 1. The second kappa shape index (κ2) is 15.7. The molecule has 3 heterocycles. The fraction of sp³-hybridized carbons (Fsp3) is 0.462. The number of methoxy groups -OCH3 is 2. The summed E-state index contributed by atoms with van der Waals surface area (Å²) in [5.74, 6) is -0.780. The van der Waals surface area contributed by atoms with Crippen LogP contribution in [0.2, 0.25) is 5.02 Å². The quantitative estimate of drug-likeness (QED) is 0.265. The first-order chi connectivity index (χ1) is 24.6. The maximum Gasteiger partial charge on any atom is 0.409 e. The molecule has 52 heavy (non-hydrogen) atoms. The molecule has 13 heteroatoms. The lowest BCUT2D eigenvalue weighted by atomic mass is 9.83. The highest BCUT2D eigenvalue weighted by Crippen LogP contribution is 2.49. The summed E-state index contributed by atoms with van der Waals surface area (Å²) in [6, 6.07) is 10.7. The number of allylic oxidation sites excluding steroid dienone is 4. The Labute approximate surface area is 309 Å². The summed E-state index contributed by atoms with van der Waals surface area (Å²) in [6.45, 7) is 10.9. The van der Waals surface area contributed by atoms with Crippen LogP contribution in [0.5, 0.6) is 11.5 Å². The van der Waals surface area contributed by atoms with Gasteiger partial charge in [0.15, 0.2) is 12.3 Å². The first-order valence-electron chi connectivity index (χ1n) is 17.1. The zero-order valence-corrected chi connectivity index (χ0v) is 31.3. The summed E-state index contributed by atoms with van der Waals surface area (Å²) < 4.78 is 34.8. The predicted octanol–water partition coefficient (Wildman–Crippen LogP) is 5.78. The second-order valence-corrected chi connectivity index (χ2v) is 14.2. The third-order valence-corrected chi connectivity index (χ3v) is 10.3. The van der Waals surface area contributed by atoms with Crippen LogP contribution in [0, 0.1) is 5.92 Å². The van der Waals surface area contributed by atoms with Crippen LogP contribution in [0.15, 0.2) is 66.8 Å². The lowest BCUT2D eigenvalue weighted by Gasteiger charge is -2.42. The third kappa shape index (κ3) is 8.47. The van der Waals surface area contributed by atoms with Gasteiger partial charge >= 0.3 is 12.1 Å². The number of fused-ring (bicyclic) bond motifs is 5. The Kier molecular flexibility index (Phi) is 11.7. The Balaban J connectivity index is 1.49. The number of aliphatic hydroxyl groups is 1. The summed E-state index contributed by atoms with van der Waals surface area (Å²) in [5, 5.41) is 14.5. The Morgan fingerprint density at radius 3 is 2.56 bits per heavy atom. The Morgan fingerprint density at radius 2 is 1.90 bits per heavy atom. The molecule has 0 unspecified atom stereocenters. The molecule has 0 spiro atoms. The number of rotatable bonds is 7.